The highest BCUT2D eigenvalue weighted by molar-refractivity contribution is 5.93. The topological polar surface area (TPSA) is 35.9 Å². The van der Waals surface area contributed by atoms with Gasteiger partial charge in [0.2, 0.25) is 0 Å². The third kappa shape index (κ3) is 7.58. The molecule has 3 heteroatoms. The molecule has 0 amide bonds. The Labute approximate surface area is 110 Å². The lowest BCUT2D eigenvalue weighted by Gasteiger charge is -2.06. The molecule has 0 fully saturated rings. The predicted molar refractivity (Wildman–Crippen MR) is 77.9 cm³/mol. The molecule has 94 valence electrons. The summed E-state index contributed by atoms with van der Waals surface area (Å²) >= 11 is 0. The van der Waals surface area contributed by atoms with Crippen molar-refractivity contribution in [1.82, 2.24) is 5.32 Å². The second-order valence-corrected chi connectivity index (χ2v) is 4.27. The fourth-order valence-corrected chi connectivity index (χ4v) is 1.30. The second-order valence-electron chi connectivity index (χ2n) is 4.27. The molecule has 0 aliphatic carbocycles. The molecule has 0 saturated carbocycles. The maximum Gasteiger partial charge on any atom is 0.117 e. The second kappa shape index (κ2) is 8.82. The molecule has 1 aromatic rings. The van der Waals surface area contributed by atoms with Gasteiger partial charge >= 0.3 is 0 Å². The minimum atomic E-state index is 0. The fourth-order valence-electron chi connectivity index (χ4n) is 1.30. The first-order chi connectivity index (χ1) is 7.68. The Morgan fingerprint density at radius 3 is 2.53 bits per heavy atom. The van der Waals surface area contributed by atoms with Crippen molar-refractivity contribution in [3.05, 3.63) is 42.0 Å². The van der Waals surface area contributed by atoms with Crippen molar-refractivity contribution in [2.75, 3.05) is 6.54 Å². The number of hydrogen-bond donors (Lipinski definition) is 2. The molecule has 17 heavy (non-hydrogen) atoms. The highest BCUT2D eigenvalue weighted by Crippen LogP contribution is 2.00. The van der Waals surface area contributed by atoms with E-state index >= 15 is 0 Å². The third-order valence-corrected chi connectivity index (χ3v) is 2.28. The van der Waals surface area contributed by atoms with Crippen LogP contribution in [0.1, 0.15) is 25.8 Å². The molecule has 2 nitrogen and oxygen atoms in total. The zero-order valence-electron chi connectivity index (χ0n) is 10.4. The van der Waals surface area contributed by atoms with Gasteiger partial charge in [0.05, 0.1) is 0 Å². The SMILES string of the molecule is CC(C)CCNC(=N)C=Cc1ccccc1.Cl. The Bertz CT molecular complexity index is 344. The molecule has 0 saturated heterocycles. The standard InChI is InChI=1S/C14H20N2.ClH/c1-12(2)10-11-16-14(15)9-8-13-6-4-3-5-7-13;/h3-9,12H,10-11H2,1-2H3,(H2,15,16);1H. The Kier molecular flexibility index (Phi) is 8.16. The largest absolute Gasteiger partial charge is 0.371 e. The van der Waals surface area contributed by atoms with Crippen LogP contribution in [0.3, 0.4) is 0 Å². The maximum absolute atomic E-state index is 7.68. The average Bonchev–Trinajstić information content (AvgIpc) is 2.27. The number of benzene rings is 1. The molecular formula is C14H21ClN2. The van der Waals surface area contributed by atoms with Crippen molar-refractivity contribution >= 4 is 24.3 Å². The van der Waals surface area contributed by atoms with E-state index in [1.807, 2.05) is 36.4 Å². The lowest BCUT2D eigenvalue weighted by Crippen LogP contribution is -2.22. The van der Waals surface area contributed by atoms with Gasteiger partial charge in [-0.25, -0.2) is 0 Å². The zero-order valence-corrected chi connectivity index (χ0v) is 11.3. The van der Waals surface area contributed by atoms with Crippen LogP contribution >= 0.6 is 12.4 Å². The Hall–Kier alpha value is -1.28. The molecule has 0 heterocycles. The van der Waals surface area contributed by atoms with Crippen LogP contribution < -0.4 is 5.32 Å². The Balaban J connectivity index is 0.00000256. The summed E-state index contributed by atoms with van der Waals surface area (Å²) in [4.78, 5) is 0. The normalized spacial score (nSPS) is 10.3. The van der Waals surface area contributed by atoms with Gasteiger partial charge in [0, 0.05) is 6.54 Å². The third-order valence-electron chi connectivity index (χ3n) is 2.28. The van der Waals surface area contributed by atoms with Gasteiger partial charge in [-0.3, -0.25) is 5.41 Å². The molecule has 0 aliphatic heterocycles. The van der Waals surface area contributed by atoms with E-state index in [-0.39, 0.29) is 12.4 Å². The molecule has 0 radical (unpaired) electrons. The molecular weight excluding hydrogens is 232 g/mol. The zero-order chi connectivity index (χ0) is 11.8. The lowest BCUT2D eigenvalue weighted by atomic mass is 10.1. The number of halogens is 1. The van der Waals surface area contributed by atoms with E-state index in [2.05, 4.69) is 19.2 Å². The summed E-state index contributed by atoms with van der Waals surface area (Å²) in [5.74, 6) is 1.16. The van der Waals surface area contributed by atoms with Gasteiger partial charge in [0.15, 0.2) is 0 Å². The minimum absolute atomic E-state index is 0. The van der Waals surface area contributed by atoms with Crippen LogP contribution in [0.2, 0.25) is 0 Å². The van der Waals surface area contributed by atoms with Crippen molar-refractivity contribution in [3.8, 4) is 0 Å². The van der Waals surface area contributed by atoms with Gasteiger partial charge in [-0.2, -0.15) is 0 Å². The summed E-state index contributed by atoms with van der Waals surface area (Å²) in [7, 11) is 0. The number of amidine groups is 1. The van der Waals surface area contributed by atoms with Crippen LogP contribution in [0.25, 0.3) is 6.08 Å². The minimum Gasteiger partial charge on any atom is -0.371 e. The van der Waals surface area contributed by atoms with Crippen LogP contribution in [0.5, 0.6) is 0 Å². The Morgan fingerprint density at radius 1 is 1.29 bits per heavy atom. The summed E-state index contributed by atoms with van der Waals surface area (Å²) in [5.41, 5.74) is 1.12. The van der Waals surface area contributed by atoms with Gasteiger partial charge in [-0.1, -0.05) is 50.3 Å². The Morgan fingerprint density at radius 2 is 1.94 bits per heavy atom. The van der Waals surface area contributed by atoms with Gasteiger partial charge in [-0.15, -0.1) is 12.4 Å². The number of hydrogen-bond acceptors (Lipinski definition) is 1. The molecule has 0 spiro atoms. The van der Waals surface area contributed by atoms with Crippen molar-refractivity contribution < 1.29 is 0 Å². The van der Waals surface area contributed by atoms with Crippen molar-refractivity contribution in [1.29, 1.82) is 5.41 Å². The van der Waals surface area contributed by atoms with Gasteiger partial charge in [-0.05, 0) is 24.0 Å². The van der Waals surface area contributed by atoms with E-state index in [0.29, 0.717) is 11.8 Å². The van der Waals surface area contributed by atoms with Crippen LogP contribution in [0.15, 0.2) is 36.4 Å². The number of nitrogens with one attached hydrogen (secondary N) is 2. The molecule has 1 aromatic carbocycles. The highest BCUT2D eigenvalue weighted by atomic mass is 35.5. The first-order valence-electron chi connectivity index (χ1n) is 5.74. The molecule has 2 N–H and O–H groups in total. The van der Waals surface area contributed by atoms with E-state index in [1.54, 1.807) is 6.08 Å². The summed E-state index contributed by atoms with van der Waals surface area (Å²) in [6, 6.07) is 10.0. The first kappa shape index (κ1) is 15.7. The van der Waals surface area contributed by atoms with Crippen molar-refractivity contribution in [2.45, 2.75) is 20.3 Å². The molecule has 0 aromatic heterocycles. The van der Waals surface area contributed by atoms with Crippen LogP contribution in [0.4, 0.5) is 0 Å². The van der Waals surface area contributed by atoms with E-state index in [4.69, 9.17) is 5.41 Å². The van der Waals surface area contributed by atoms with E-state index in [0.717, 1.165) is 18.5 Å². The van der Waals surface area contributed by atoms with E-state index < -0.39 is 0 Å². The molecule has 0 bridgehead atoms. The van der Waals surface area contributed by atoms with Crippen LogP contribution in [0, 0.1) is 11.3 Å². The van der Waals surface area contributed by atoms with Crippen LogP contribution in [-0.2, 0) is 0 Å². The van der Waals surface area contributed by atoms with Gasteiger partial charge in [0.1, 0.15) is 5.84 Å². The number of rotatable bonds is 5. The summed E-state index contributed by atoms with van der Waals surface area (Å²) in [6.07, 6.45) is 4.85. The van der Waals surface area contributed by atoms with Crippen molar-refractivity contribution in [2.24, 2.45) is 5.92 Å². The predicted octanol–water partition coefficient (Wildman–Crippen LogP) is 3.73. The van der Waals surface area contributed by atoms with Gasteiger partial charge < -0.3 is 5.32 Å². The molecule has 0 aliphatic rings. The highest BCUT2D eigenvalue weighted by Gasteiger charge is 1.94. The smallest absolute Gasteiger partial charge is 0.117 e. The monoisotopic (exact) mass is 252 g/mol. The van der Waals surface area contributed by atoms with Crippen LogP contribution in [-0.4, -0.2) is 12.4 Å². The molecule has 0 unspecified atom stereocenters. The first-order valence-corrected chi connectivity index (χ1v) is 5.74. The quantitative estimate of drug-likeness (QED) is 0.608. The molecule has 1 rings (SSSR count). The van der Waals surface area contributed by atoms with Gasteiger partial charge in [0.25, 0.3) is 0 Å². The summed E-state index contributed by atoms with van der Waals surface area (Å²) in [6.45, 7) is 5.24. The lowest BCUT2D eigenvalue weighted by molar-refractivity contribution is 0.578. The van der Waals surface area contributed by atoms with Crippen molar-refractivity contribution in [3.63, 3.8) is 0 Å². The summed E-state index contributed by atoms with van der Waals surface area (Å²) in [5, 5.41) is 10.8. The van der Waals surface area contributed by atoms with E-state index in [9.17, 15) is 0 Å². The molecule has 0 atom stereocenters. The maximum atomic E-state index is 7.68. The fraction of sp³-hybridized carbons (Fsp3) is 0.357. The summed E-state index contributed by atoms with van der Waals surface area (Å²) < 4.78 is 0. The van der Waals surface area contributed by atoms with E-state index in [1.165, 1.54) is 0 Å². The average molecular weight is 253 g/mol.